The van der Waals surface area contributed by atoms with Crippen molar-refractivity contribution in [2.75, 3.05) is 5.75 Å². The minimum atomic E-state index is 0.479. The molecular formula is C15H15ClN4S. The van der Waals surface area contributed by atoms with Gasteiger partial charge in [-0.1, -0.05) is 18.5 Å². The summed E-state index contributed by atoms with van der Waals surface area (Å²) in [6.07, 6.45) is 1.85. The summed E-state index contributed by atoms with van der Waals surface area (Å²) < 4.78 is 2.01. The van der Waals surface area contributed by atoms with E-state index in [9.17, 15) is 0 Å². The monoisotopic (exact) mass is 318 g/mol. The molecule has 0 unspecified atom stereocenters. The maximum Gasteiger partial charge on any atom is 0.160 e. The van der Waals surface area contributed by atoms with Crippen molar-refractivity contribution >= 4 is 34.4 Å². The third-order valence-electron chi connectivity index (χ3n) is 3.24. The second-order valence-electron chi connectivity index (χ2n) is 4.72. The van der Waals surface area contributed by atoms with Gasteiger partial charge in [0.2, 0.25) is 0 Å². The number of fused-ring (bicyclic) bond motifs is 1. The number of aryl methyl sites for hydroxylation is 2. The minimum absolute atomic E-state index is 0.479. The topological polar surface area (TPSA) is 43.6 Å². The van der Waals surface area contributed by atoms with Crippen LogP contribution in [0.15, 0.2) is 29.3 Å². The van der Waals surface area contributed by atoms with Crippen molar-refractivity contribution in [2.45, 2.75) is 18.7 Å². The van der Waals surface area contributed by atoms with Gasteiger partial charge < -0.3 is 4.57 Å². The number of imidazole rings is 1. The van der Waals surface area contributed by atoms with Gasteiger partial charge in [0.15, 0.2) is 5.82 Å². The molecule has 0 aromatic carbocycles. The van der Waals surface area contributed by atoms with Crippen LogP contribution in [0.3, 0.4) is 0 Å². The van der Waals surface area contributed by atoms with Crippen molar-refractivity contribution in [1.82, 2.24) is 19.5 Å². The largest absolute Gasteiger partial charge is 0.325 e. The Kier molecular flexibility index (Phi) is 3.87. The number of pyridine rings is 2. The third kappa shape index (κ3) is 2.63. The smallest absolute Gasteiger partial charge is 0.160 e. The summed E-state index contributed by atoms with van der Waals surface area (Å²) >= 11 is 7.81. The SMILES string of the molecule is CCSc1ccc(Cl)nc1-c1nc2cc(C)ncc2n1C. The summed E-state index contributed by atoms with van der Waals surface area (Å²) in [4.78, 5) is 14.6. The highest BCUT2D eigenvalue weighted by atomic mass is 35.5. The summed E-state index contributed by atoms with van der Waals surface area (Å²) in [6.45, 7) is 4.08. The second-order valence-corrected chi connectivity index (χ2v) is 6.42. The number of nitrogens with zero attached hydrogens (tertiary/aromatic N) is 4. The first-order valence-corrected chi connectivity index (χ1v) is 8.05. The van der Waals surface area contributed by atoms with Crippen LogP contribution in [-0.4, -0.2) is 25.3 Å². The van der Waals surface area contributed by atoms with Crippen LogP contribution in [0.4, 0.5) is 0 Å². The van der Waals surface area contributed by atoms with E-state index in [4.69, 9.17) is 16.6 Å². The predicted octanol–water partition coefficient (Wildman–Crippen LogP) is 4.10. The molecule has 0 saturated heterocycles. The molecule has 6 heteroatoms. The van der Waals surface area contributed by atoms with Crippen LogP contribution in [0, 0.1) is 6.92 Å². The van der Waals surface area contributed by atoms with Crippen LogP contribution >= 0.6 is 23.4 Å². The second kappa shape index (κ2) is 5.66. The van der Waals surface area contributed by atoms with Gasteiger partial charge in [-0.25, -0.2) is 9.97 Å². The highest BCUT2D eigenvalue weighted by molar-refractivity contribution is 7.99. The zero-order chi connectivity index (χ0) is 15.0. The van der Waals surface area contributed by atoms with Gasteiger partial charge >= 0.3 is 0 Å². The lowest BCUT2D eigenvalue weighted by Gasteiger charge is -2.08. The van der Waals surface area contributed by atoms with E-state index >= 15 is 0 Å². The minimum Gasteiger partial charge on any atom is -0.325 e. The molecule has 0 spiro atoms. The molecule has 3 aromatic rings. The predicted molar refractivity (Wildman–Crippen MR) is 87.9 cm³/mol. The maximum atomic E-state index is 6.07. The Balaban J connectivity index is 2.24. The molecule has 0 aliphatic rings. The van der Waals surface area contributed by atoms with Crippen molar-refractivity contribution in [3.05, 3.63) is 35.2 Å². The van der Waals surface area contributed by atoms with E-state index in [1.54, 1.807) is 11.8 Å². The maximum absolute atomic E-state index is 6.07. The quantitative estimate of drug-likeness (QED) is 0.538. The van der Waals surface area contributed by atoms with E-state index in [2.05, 4.69) is 16.9 Å². The molecule has 0 N–H and O–H groups in total. The van der Waals surface area contributed by atoms with E-state index in [0.717, 1.165) is 38.9 Å². The summed E-state index contributed by atoms with van der Waals surface area (Å²) in [5.41, 5.74) is 3.69. The fourth-order valence-corrected chi connectivity index (χ4v) is 3.15. The van der Waals surface area contributed by atoms with Crippen molar-refractivity contribution in [2.24, 2.45) is 7.05 Å². The lowest BCUT2D eigenvalue weighted by atomic mass is 10.3. The van der Waals surface area contributed by atoms with Gasteiger partial charge in [-0.3, -0.25) is 4.98 Å². The van der Waals surface area contributed by atoms with E-state index in [1.165, 1.54) is 0 Å². The Labute approximate surface area is 132 Å². The van der Waals surface area contributed by atoms with E-state index in [1.807, 2.05) is 42.9 Å². The first-order valence-electron chi connectivity index (χ1n) is 6.69. The molecule has 4 nitrogen and oxygen atoms in total. The molecule has 3 heterocycles. The lowest BCUT2D eigenvalue weighted by molar-refractivity contribution is 0.940. The number of thioether (sulfide) groups is 1. The van der Waals surface area contributed by atoms with Gasteiger partial charge in [-0.05, 0) is 30.9 Å². The number of halogens is 1. The average Bonchev–Trinajstić information content (AvgIpc) is 2.77. The molecule has 0 amide bonds. The van der Waals surface area contributed by atoms with Crippen LogP contribution in [-0.2, 0) is 7.05 Å². The van der Waals surface area contributed by atoms with Gasteiger partial charge in [-0.15, -0.1) is 11.8 Å². The van der Waals surface area contributed by atoms with Crippen LogP contribution < -0.4 is 0 Å². The molecule has 3 aromatic heterocycles. The van der Waals surface area contributed by atoms with Gasteiger partial charge in [-0.2, -0.15) is 0 Å². The fraction of sp³-hybridized carbons (Fsp3) is 0.267. The molecule has 0 aliphatic heterocycles. The third-order valence-corrected chi connectivity index (χ3v) is 4.38. The highest BCUT2D eigenvalue weighted by Crippen LogP contribution is 2.32. The fourth-order valence-electron chi connectivity index (χ4n) is 2.26. The molecule has 0 aliphatic carbocycles. The Morgan fingerprint density at radius 2 is 2.10 bits per heavy atom. The Morgan fingerprint density at radius 3 is 2.86 bits per heavy atom. The summed E-state index contributed by atoms with van der Waals surface area (Å²) in [5, 5.41) is 0.479. The molecule has 0 radical (unpaired) electrons. The molecule has 3 rings (SSSR count). The van der Waals surface area contributed by atoms with E-state index < -0.39 is 0 Å². The van der Waals surface area contributed by atoms with Crippen molar-refractivity contribution < 1.29 is 0 Å². The highest BCUT2D eigenvalue weighted by Gasteiger charge is 2.16. The lowest BCUT2D eigenvalue weighted by Crippen LogP contribution is -1.97. The van der Waals surface area contributed by atoms with Crippen LogP contribution in [0.1, 0.15) is 12.6 Å². The molecule has 21 heavy (non-hydrogen) atoms. The summed E-state index contributed by atoms with van der Waals surface area (Å²) in [7, 11) is 1.98. The zero-order valence-corrected chi connectivity index (χ0v) is 13.7. The first kappa shape index (κ1) is 14.4. The standard InChI is InChI=1S/C15H15ClN4S/c1-4-21-12-5-6-13(16)19-14(12)15-18-10-7-9(2)17-8-11(10)20(15)3/h5-8H,4H2,1-3H3. The molecular weight excluding hydrogens is 304 g/mol. The van der Waals surface area contributed by atoms with Gasteiger partial charge in [0.1, 0.15) is 10.8 Å². The molecule has 108 valence electrons. The summed E-state index contributed by atoms with van der Waals surface area (Å²) in [5.74, 6) is 1.79. The number of hydrogen-bond acceptors (Lipinski definition) is 4. The molecule has 0 atom stereocenters. The van der Waals surface area contributed by atoms with Crippen molar-refractivity contribution in [3.63, 3.8) is 0 Å². The zero-order valence-electron chi connectivity index (χ0n) is 12.1. The normalized spacial score (nSPS) is 11.2. The Morgan fingerprint density at radius 1 is 1.29 bits per heavy atom. The molecule has 0 saturated carbocycles. The van der Waals surface area contributed by atoms with Crippen LogP contribution in [0.2, 0.25) is 5.15 Å². The van der Waals surface area contributed by atoms with Gasteiger partial charge in [0, 0.05) is 17.6 Å². The number of aromatic nitrogens is 4. The number of hydrogen-bond donors (Lipinski definition) is 0. The number of rotatable bonds is 3. The Bertz CT molecular complexity index is 813. The van der Waals surface area contributed by atoms with Gasteiger partial charge in [0.05, 0.1) is 17.2 Å². The van der Waals surface area contributed by atoms with Crippen molar-refractivity contribution in [3.8, 4) is 11.5 Å². The summed E-state index contributed by atoms with van der Waals surface area (Å²) in [6, 6.07) is 5.80. The van der Waals surface area contributed by atoms with Crippen LogP contribution in [0.25, 0.3) is 22.6 Å². The average molecular weight is 319 g/mol. The Hall–Kier alpha value is -1.59. The van der Waals surface area contributed by atoms with Gasteiger partial charge in [0.25, 0.3) is 0 Å². The van der Waals surface area contributed by atoms with Crippen LogP contribution in [0.5, 0.6) is 0 Å². The first-order chi connectivity index (χ1) is 10.1. The molecule has 0 fully saturated rings. The van der Waals surface area contributed by atoms with Crippen molar-refractivity contribution in [1.29, 1.82) is 0 Å². The van der Waals surface area contributed by atoms with E-state index in [-0.39, 0.29) is 0 Å². The van der Waals surface area contributed by atoms with E-state index in [0.29, 0.717) is 5.15 Å². The molecule has 0 bridgehead atoms.